The van der Waals surface area contributed by atoms with Crippen LogP contribution in [-0.4, -0.2) is 23.8 Å². The van der Waals surface area contributed by atoms with Crippen LogP contribution in [0.5, 0.6) is 0 Å². The van der Waals surface area contributed by atoms with Crippen LogP contribution in [0.15, 0.2) is 24.3 Å². The fourth-order valence-electron chi connectivity index (χ4n) is 1.12. The highest BCUT2D eigenvalue weighted by molar-refractivity contribution is 6.59. The first kappa shape index (κ1) is 9.22. The molecule has 1 rings (SSSR count). The van der Waals surface area contributed by atoms with Gasteiger partial charge in [-0.15, -0.1) is 0 Å². The Labute approximate surface area is 70.8 Å². The van der Waals surface area contributed by atoms with E-state index in [2.05, 4.69) is 0 Å². The molecule has 0 heterocycles. The summed E-state index contributed by atoms with van der Waals surface area (Å²) in [6.07, 6.45) is 0.230. The summed E-state index contributed by atoms with van der Waals surface area (Å²) in [5.41, 5.74) is 1.03. The second kappa shape index (κ2) is 4.23. The van der Waals surface area contributed by atoms with Crippen molar-refractivity contribution >= 4 is 12.6 Å². The second-order valence-corrected chi connectivity index (χ2v) is 2.51. The van der Waals surface area contributed by atoms with Gasteiger partial charge in [-0.25, -0.2) is 0 Å². The van der Waals surface area contributed by atoms with Gasteiger partial charge in [-0.2, -0.15) is 0 Å². The Morgan fingerprint density at radius 3 is 2.50 bits per heavy atom. The van der Waals surface area contributed by atoms with E-state index in [9.17, 15) is 4.39 Å². The zero-order valence-corrected chi connectivity index (χ0v) is 6.57. The molecule has 0 radical (unpaired) electrons. The molecule has 1 aromatic carbocycles. The Balaban J connectivity index is 2.92. The summed E-state index contributed by atoms with van der Waals surface area (Å²) >= 11 is 0. The lowest BCUT2D eigenvalue weighted by atomic mass is 9.76. The number of alkyl halides is 1. The topological polar surface area (TPSA) is 40.5 Å². The van der Waals surface area contributed by atoms with E-state index in [0.29, 0.717) is 11.0 Å². The Hall–Kier alpha value is -0.865. The van der Waals surface area contributed by atoms with Crippen LogP contribution in [0, 0.1) is 0 Å². The molecule has 0 amide bonds. The summed E-state index contributed by atoms with van der Waals surface area (Å²) in [7, 11) is -1.51. The maximum Gasteiger partial charge on any atom is 0.488 e. The monoisotopic (exact) mass is 168 g/mol. The number of benzene rings is 1. The number of hydrogen-bond acceptors (Lipinski definition) is 2. The van der Waals surface area contributed by atoms with Crippen molar-refractivity contribution in [2.24, 2.45) is 0 Å². The predicted molar refractivity (Wildman–Crippen MR) is 45.9 cm³/mol. The van der Waals surface area contributed by atoms with Crippen molar-refractivity contribution < 1.29 is 14.4 Å². The van der Waals surface area contributed by atoms with Gasteiger partial charge in [-0.05, 0) is 11.0 Å². The first-order chi connectivity index (χ1) is 5.75. The van der Waals surface area contributed by atoms with Crippen LogP contribution in [0.25, 0.3) is 0 Å². The standard InChI is InChI=1S/C8H10BFO2/c10-6-5-7-3-1-2-4-8(7)9(11)12/h1-4,11-12H,5-6H2. The molecule has 0 aromatic heterocycles. The lowest BCUT2D eigenvalue weighted by Gasteiger charge is -2.05. The van der Waals surface area contributed by atoms with Gasteiger partial charge in [0, 0.05) is 6.42 Å². The average Bonchev–Trinajstić information content (AvgIpc) is 2.05. The van der Waals surface area contributed by atoms with E-state index >= 15 is 0 Å². The molecule has 0 saturated carbocycles. The molecule has 0 fully saturated rings. The van der Waals surface area contributed by atoms with Crippen molar-refractivity contribution in [3.8, 4) is 0 Å². The minimum Gasteiger partial charge on any atom is -0.423 e. The molecule has 0 aliphatic heterocycles. The van der Waals surface area contributed by atoms with Crippen LogP contribution in [0.4, 0.5) is 4.39 Å². The lowest BCUT2D eigenvalue weighted by molar-refractivity contribution is 0.425. The minimum absolute atomic E-state index is 0.230. The van der Waals surface area contributed by atoms with Crippen LogP contribution in [0.2, 0.25) is 0 Å². The largest absolute Gasteiger partial charge is 0.488 e. The fraction of sp³-hybridized carbons (Fsp3) is 0.250. The van der Waals surface area contributed by atoms with Gasteiger partial charge in [0.05, 0.1) is 6.67 Å². The van der Waals surface area contributed by atoms with Crippen LogP contribution >= 0.6 is 0 Å². The molecule has 0 aliphatic rings. The third-order valence-electron chi connectivity index (χ3n) is 1.70. The van der Waals surface area contributed by atoms with Crippen LogP contribution in [0.3, 0.4) is 0 Å². The molecule has 0 saturated heterocycles. The Morgan fingerprint density at radius 2 is 1.92 bits per heavy atom. The molecule has 1 aromatic rings. The van der Waals surface area contributed by atoms with Crippen LogP contribution in [-0.2, 0) is 6.42 Å². The van der Waals surface area contributed by atoms with E-state index in [-0.39, 0.29) is 6.42 Å². The van der Waals surface area contributed by atoms with Gasteiger partial charge in [0.15, 0.2) is 0 Å². The Morgan fingerprint density at radius 1 is 1.25 bits per heavy atom. The zero-order valence-electron chi connectivity index (χ0n) is 6.57. The van der Waals surface area contributed by atoms with Crippen molar-refractivity contribution in [1.82, 2.24) is 0 Å². The van der Waals surface area contributed by atoms with E-state index in [1.807, 2.05) is 0 Å². The molecule has 4 heteroatoms. The summed E-state index contributed by atoms with van der Waals surface area (Å²) in [4.78, 5) is 0. The van der Waals surface area contributed by atoms with Gasteiger partial charge < -0.3 is 10.0 Å². The van der Waals surface area contributed by atoms with Crippen molar-refractivity contribution in [3.63, 3.8) is 0 Å². The van der Waals surface area contributed by atoms with E-state index in [1.54, 1.807) is 24.3 Å². The van der Waals surface area contributed by atoms with E-state index in [0.717, 1.165) is 0 Å². The van der Waals surface area contributed by atoms with Crippen molar-refractivity contribution in [3.05, 3.63) is 29.8 Å². The Bertz CT molecular complexity index is 253. The smallest absolute Gasteiger partial charge is 0.423 e. The third-order valence-corrected chi connectivity index (χ3v) is 1.70. The van der Waals surface area contributed by atoms with Gasteiger partial charge in [0.25, 0.3) is 0 Å². The molecule has 0 spiro atoms. The maximum absolute atomic E-state index is 12.0. The number of rotatable bonds is 3. The SMILES string of the molecule is OB(O)c1ccccc1CCF. The van der Waals surface area contributed by atoms with E-state index < -0.39 is 13.8 Å². The van der Waals surface area contributed by atoms with E-state index in [4.69, 9.17) is 10.0 Å². The van der Waals surface area contributed by atoms with Gasteiger partial charge in [0.2, 0.25) is 0 Å². The maximum atomic E-state index is 12.0. The second-order valence-electron chi connectivity index (χ2n) is 2.51. The number of aryl methyl sites for hydroxylation is 1. The normalized spacial score (nSPS) is 9.92. The van der Waals surface area contributed by atoms with E-state index in [1.165, 1.54) is 0 Å². The molecule has 2 nitrogen and oxygen atoms in total. The molecule has 0 atom stereocenters. The molecule has 2 N–H and O–H groups in total. The molecule has 0 aliphatic carbocycles. The molecule has 0 unspecified atom stereocenters. The summed E-state index contributed by atoms with van der Waals surface area (Å²) in [5.74, 6) is 0. The third kappa shape index (κ3) is 2.06. The van der Waals surface area contributed by atoms with Crippen molar-refractivity contribution in [2.75, 3.05) is 6.67 Å². The first-order valence-electron chi connectivity index (χ1n) is 3.75. The summed E-state index contributed by atoms with van der Waals surface area (Å²) in [6, 6.07) is 6.71. The highest BCUT2D eigenvalue weighted by Gasteiger charge is 2.14. The predicted octanol–water partition coefficient (Wildman–Crippen LogP) is -0.122. The first-order valence-corrected chi connectivity index (χ1v) is 3.75. The lowest BCUT2D eigenvalue weighted by Crippen LogP contribution is -2.33. The fourth-order valence-corrected chi connectivity index (χ4v) is 1.12. The molecule has 64 valence electrons. The van der Waals surface area contributed by atoms with Crippen LogP contribution in [0.1, 0.15) is 5.56 Å². The molecule has 12 heavy (non-hydrogen) atoms. The molecule has 0 bridgehead atoms. The molecular weight excluding hydrogens is 158 g/mol. The summed E-state index contributed by atoms with van der Waals surface area (Å²) in [5, 5.41) is 17.7. The van der Waals surface area contributed by atoms with Crippen LogP contribution < -0.4 is 5.46 Å². The minimum atomic E-state index is -1.51. The van der Waals surface area contributed by atoms with Gasteiger partial charge >= 0.3 is 7.12 Å². The summed E-state index contributed by atoms with van der Waals surface area (Å²) in [6.45, 7) is -0.482. The highest BCUT2D eigenvalue weighted by Crippen LogP contribution is 1.98. The molecular formula is C8H10BFO2. The zero-order chi connectivity index (χ0) is 8.97. The van der Waals surface area contributed by atoms with Gasteiger partial charge in [-0.1, -0.05) is 24.3 Å². The quantitative estimate of drug-likeness (QED) is 0.617. The Kier molecular flexibility index (Phi) is 3.25. The average molecular weight is 168 g/mol. The number of halogens is 1. The van der Waals surface area contributed by atoms with Gasteiger partial charge in [0.1, 0.15) is 0 Å². The van der Waals surface area contributed by atoms with Crippen molar-refractivity contribution in [2.45, 2.75) is 6.42 Å². The summed E-state index contributed by atoms with van der Waals surface area (Å²) < 4.78 is 12.0. The highest BCUT2D eigenvalue weighted by atomic mass is 19.1. The number of hydrogen-bond donors (Lipinski definition) is 2. The van der Waals surface area contributed by atoms with Gasteiger partial charge in [-0.3, -0.25) is 4.39 Å². The van der Waals surface area contributed by atoms with Crippen molar-refractivity contribution in [1.29, 1.82) is 0 Å².